The van der Waals surface area contributed by atoms with Crippen LogP contribution in [0.4, 0.5) is 0 Å². The molecule has 0 N–H and O–H groups in total. The average molecular weight is 287 g/mol. The Hall–Kier alpha value is -0.720. The van der Waals surface area contributed by atoms with Gasteiger partial charge < -0.3 is 0 Å². The number of nitrogens with zero attached hydrogens (tertiary/aromatic N) is 1. The second-order valence-corrected chi connectivity index (χ2v) is 8.08. The molecule has 0 saturated carbocycles. The fourth-order valence-electron chi connectivity index (χ4n) is 1.92. The van der Waals surface area contributed by atoms with Gasteiger partial charge in [0, 0.05) is 35.4 Å². The molecule has 1 aromatic carbocycles. The highest BCUT2D eigenvalue weighted by atomic mass is 32.2. The molecule has 1 aliphatic rings. The standard InChI is InChI=1S/C12H17NO3S2/c14-17-9-7-13(8-10-17)18(15,16)11-6-12-4-2-1-3-5-12/h1-5H,6-11H2. The van der Waals surface area contributed by atoms with E-state index >= 15 is 0 Å². The minimum atomic E-state index is -3.21. The number of aryl methyl sites for hydroxylation is 1. The third kappa shape index (κ3) is 3.63. The largest absolute Gasteiger partial charge is 0.259 e. The van der Waals surface area contributed by atoms with E-state index < -0.39 is 20.8 Å². The van der Waals surface area contributed by atoms with Crippen LogP contribution < -0.4 is 0 Å². The molecule has 0 spiro atoms. The molecule has 0 atom stereocenters. The lowest BCUT2D eigenvalue weighted by atomic mass is 10.2. The lowest BCUT2D eigenvalue weighted by molar-refractivity contribution is 0.438. The van der Waals surface area contributed by atoms with E-state index in [0.717, 1.165) is 5.56 Å². The third-order valence-electron chi connectivity index (χ3n) is 3.02. The molecule has 100 valence electrons. The zero-order chi connectivity index (χ0) is 13.0. The predicted octanol–water partition coefficient (Wildman–Crippen LogP) is 0.623. The predicted molar refractivity (Wildman–Crippen MR) is 73.4 cm³/mol. The Balaban J connectivity index is 1.93. The van der Waals surface area contributed by atoms with Crippen molar-refractivity contribution in [2.75, 3.05) is 30.3 Å². The molecular formula is C12H17NO3S2. The van der Waals surface area contributed by atoms with Gasteiger partial charge in [-0.2, -0.15) is 0 Å². The molecule has 1 fully saturated rings. The quantitative estimate of drug-likeness (QED) is 0.816. The van der Waals surface area contributed by atoms with Crippen molar-refractivity contribution in [3.8, 4) is 0 Å². The summed E-state index contributed by atoms with van der Waals surface area (Å²) in [5.74, 6) is 1.05. The maximum absolute atomic E-state index is 12.1. The summed E-state index contributed by atoms with van der Waals surface area (Å²) in [6, 6.07) is 9.59. The first-order valence-corrected chi connectivity index (χ1v) is 9.04. The molecule has 1 aliphatic heterocycles. The van der Waals surface area contributed by atoms with E-state index in [9.17, 15) is 12.6 Å². The highest BCUT2D eigenvalue weighted by Crippen LogP contribution is 2.10. The fraction of sp³-hybridized carbons (Fsp3) is 0.500. The van der Waals surface area contributed by atoms with E-state index in [1.807, 2.05) is 30.3 Å². The molecule has 6 heteroatoms. The van der Waals surface area contributed by atoms with E-state index in [1.54, 1.807) is 0 Å². The Kier molecular flexibility index (Phi) is 4.53. The molecule has 1 saturated heterocycles. The minimum absolute atomic E-state index is 0.129. The van der Waals surface area contributed by atoms with Crippen LogP contribution in [0.15, 0.2) is 30.3 Å². The van der Waals surface area contributed by atoms with E-state index in [-0.39, 0.29) is 5.75 Å². The van der Waals surface area contributed by atoms with Crippen LogP contribution in [0, 0.1) is 0 Å². The third-order valence-corrected chi connectivity index (χ3v) is 6.17. The first-order chi connectivity index (χ1) is 8.58. The van der Waals surface area contributed by atoms with Gasteiger partial charge in [0.05, 0.1) is 5.75 Å². The lowest BCUT2D eigenvalue weighted by Gasteiger charge is -2.25. The normalized spacial score (nSPS) is 18.9. The van der Waals surface area contributed by atoms with E-state index in [2.05, 4.69) is 0 Å². The second kappa shape index (κ2) is 5.95. The van der Waals surface area contributed by atoms with Crippen molar-refractivity contribution in [2.45, 2.75) is 6.42 Å². The van der Waals surface area contributed by atoms with Crippen molar-refractivity contribution in [3.63, 3.8) is 0 Å². The first-order valence-electron chi connectivity index (χ1n) is 5.95. The lowest BCUT2D eigenvalue weighted by Crippen LogP contribution is -2.43. The molecular weight excluding hydrogens is 270 g/mol. The van der Waals surface area contributed by atoms with Crippen LogP contribution in [-0.4, -0.2) is 47.3 Å². The van der Waals surface area contributed by atoms with Crippen LogP contribution in [-0.2, 0) is 27.2 Å². The van der Waals surface area contributed by atoms with Crippen molar-refractivity contribution >= 4 is 20.8 Å². The van der Waals surface area contributed by atoms with Gasteiger partial charge in [0.1, 0.15) is 0 Å². The zero-order valence-corrected chi connectivity index (χ0v) is 11.8. The van der Waals surface area contributed by atoms with E-state index in [1.165, 1.54) is 4.31 Å². The van der Waals surface area contributed by atoms with Crippen molar-refractivity contribution in [2.24, 2.45) is 0 Å². The van der Waals surface area contributed by atoms with Crippen molar-refractivity contribution < 1.29 is 12.6 Å². The smallest absolute Gasteiger partial charge is 0.214 e. The summed E-state index contributed by atoms with van der Waals surface area (Å²) in [6.07, 6.45) is 0.531. The second-order valence-electron chi connectivity index (χ2n) is 4.30. The average Bonchev–Trinajstić information content (AvgIpc) is 2.38. The molecule has 0 amide bonds. The molecule has 1 heterocycles. The number of hydrogen-bond acceptors (Lipinski definition) is 3. The van der Waals surface area contributed by atoms with Gasteiger partial charge in [-0.15, -0.1) is 0 Å². The van der Waals surface area contributed by atoms with Crippen molar-refractivity contribution in [1.82, 2.24) is 4.31 Å². The van der Waals surface area contributed by atoms with Crippen molar-refractivity contribution in [3.05, 3.63) is 35.9 Å². The Morgan fingerprint density at radius 2 is 1.72 bits per heavy atom. The van der Waals surface area contributed by atoms with E-state index in [4.69, 9.17) is 0 Å². The van der Waals surface area contributed by atoms with Gasteiger partial charge in [-0.1, -0.05) is 30.3 Å². The van der Waals surface area contributed by atoms with Crippen LogP contribution in [0.3, 0.4) is 0 Å². The van der Waals surface area contributed by atoms with Crippen molar-refractivity contribution in [1.29, 1.82) is 0 Å². The van der Waals surface area contributed by atoms with Gasteiger partial charge >= 0.3 is 0 Å². The first kappa shape index (κ1) is 13.7. The molecule has 18 heavy (non-hydrogen) atoms. The monoisotopic (exact) mass is 287 g/mol. The maximum Gasteiger partial charge on any atom is 0.214 e. The Bertz CT molecular complexity index is 503. The summed E-state index contributed by atoms with van der Waals surface area (Å²) in [4.78, 5) is 0. The highest BCUT2D eigenvalue weighted by molar-refractivity contribution is 7.89. The summed E-state index contributed by atoms with van der Waals surface area (Å²) < 4.78 is 36.9. The fourth-order valence-corrected chi connectivity index (χ4v) is 4.69. The molecule has 0 unspecified atom stereocenters. The summed E-state index contributed by atoms with van der Waals surface area (Å²) in [5, 5.41) is 0. The topological polar surface area (TPSA) is 54.5 Å². The summed E-state index contributed by atoms with van der Waals surface area (Å²) in [6.45, 7) is 0.785. The van der Waals surface area contributed by atoms with Gasteiger partial charge in [-0.25, -0.2) is 12.7 Å². The minimum Gasteiger partial charge on any atom is -0.259 e. The van der Waals surface area contributed by atoms with Crippen LogP contribution in [0.1, 0.15) is 5.56 Å². The Morgan fingerprint density at radius 3 is 2.33 bits per heavy atom. The zero-order valence-electron chi connectivity index (χ0n) is 10.1. The summed E-state index contributed by atoms with van der Waals surface area (Å²) in [7, 11) is -4.05. The SMILES string of the molecule is O=S1CCN(S(=O)(=O)CCc2ccccc2)CC1. The number of hydrogen-bond donors (Lipinski definition) is 0. The van der Waals surface area contributed by atoms with Crippen LogP contribution in [0.5, 0.6) is 0 Å². The molecule has 1 aromatic rings. The molecule has 4 nitrogen and oxygen atoms in total. The van der Waals surface area contributed by atoms with Gasteiger partial charge in [0.2, 0.25) is 10.0 Å². The Labute approximate surface area is 111 Å². The molecule has 0 aromatic heterocycles. The Morgan fingerprint density at radius 1 is 1.11 bits per heavy atom. The van der Waals surface area contributed by atoms with Gasteiger partial charge in [0.15, 0.2) is 0 Å². The summed E-state index contributed by atoms with van der Waals surface area (Å²) in [5.41, 5.74) is 1.03. The summed E-state index contributed by atoms with van der Waals surface area (Å²) >= 11 is 0. The molecule has 0 bridgehead atoms. The van der Waals surface area contributed by atoms with E-state index in [0.29, 0.717) is 31.0 Å². The number of sulfonamides is 1. The highest BCUT2D eigenvalue weighted by Gasteiger charge is 2.25. The molecule has 0 aliphatic carbocycles. The maximum atomic E-state index is 12.1. The molecule has 2 rings (SSSR count). The van der Waals surface area contributed by atoms with Crippen LogP contribution in [0.25, 0.3) is 0 Å². The van der Waals surface area contributed by atoms with Gasteiger partial charge in [-0.3, -0.25) is 4.21 Å². The van der Waals surface area contributed by atoms with Crippen LogP contribution >= 0.6 is 0 Å². The van der Waals surface area contributed by atoms with Gasteiger partial charge in [0.25, 0.3) is 0 Å². The number of rotatable bonds is 4. The number of benzene rings is 1. The van der Waals surface area contributed by atoms with Crippen LogP contribution in [0.2, 0.25) is 0 Å². The molecule has 0 radical (unpaired) electrons. The van der Waals surface area contributed by atoms with Gasteiger partial charge in [-0.05, 0) is 12.0 Å².